The topological polar surface area (TPSA) is 17.8 Å². The maximum Gasteiger partial charge on any atom is 0.0598 e. The first-order valence-electron chi connectivity index (χ1n) is 10.7. The van der Waals surface area contributed by atoms with Gasteiger partial charge in [0.25, 0.3) is 0 Å². The Hall–Kier alpha value is -3.43. The molecule has 0 aliphatic heterocycles. The molecule has 0 unspecified atom stereocenters. The lowest BCUT2D eigenvalue weighted by Crippen LogP contribution is -2.21. The lowest BCUT2D eigenvalue weighted by Gasteiger charge is -2.23. The van der Waals surface area contributed by atoms with Crippen molar-refractivity contribution in [3.63, 3.8) is 0 Å². The first-order valence-corrected chi connectivity index (χ1v) is 11.5. The average molecular weight is 417 g/mol. The Morgan fingerprint density at radius 1 is 0.774 bits per heavy atom. The number of nitrogens with zero attached hydrogens (tertiary/aromatic N) is 2. The van der Waals surface area contributed by atoms with Crippen LogP contribution >= 0.6 is 11.3 Å². The van der Waals surface area contributed by atoms with E-state index in [1.54, 1.807) is 0 Å². The van der Waals surface area contributed by atoms with Crippen LogP contribution in [0.4, 0.5) is 0 Å². The SMILES string of the molecule is CC1(C)c2ncccc2-c2c1n(-c1ccc3sc4ccccc4c3c1)c1ccccc21. The normalized spacial score (nSPS) is 14.4. The summed E-state index contributed by atoms with van der Waals surface area (Å²) in [5.74, 6) is 0. The van der Waals surface area contributed by atoms with E-state index >= 15 is 0 Å². The van der Waals surface area contributed by atoms with Gasteiger partial charge in [0.2, 0.25) is 0 Å². The van der Waals surface area contributed by atoms with Crippen molar-refractivity contribution in [2.75, 3.05) is 0 Å². The summed E-state index contributed by atoms with van der Waals surface area (Å²) in [6.07, 6.45) is 1.92. The number of benzene rings is 3. The van der Waals surface area contributed by atoms with Crippen LogP contribution in [0.2, 0.25) is 0 Å². The van der Waals surface area contributed by atoms with Crippen LogP contribution in [0.25, 0.3) is 47.9 Å². The standard InChI is InChI=1S/C28H20N2S/c1-28(2)26-20(10-7-15-29-26)25-19-9-3-5-11-22(19)30(27(25)28)17-13-14-24-21(16-17)18-8-4-6-12-23(18)31-24/h3-16H,1-2H3. The van der Waals surface area contributed by atoms with Gasteiger partial charge in [-0.3, -0.25) is 4.98 Å². The van der Waals surface area contributed by atoms with Crippen LogP contribution in [0, 0.1) is 0 Å². The van der Waals surface area contributed by atoms with Gasteiger partial charge in [-0.05, 0) is 50.2 Å². The maximum atomic E-state index is 4.81. The zero-order valence-corrected chi connectivity index (χ0v) is 18.2. The number of hydrogen-bond donors (Lipinski definition) is 0. The molecule has 3 heteroatoms. The quantitative estimate of drug-likeness (QED) is 0.268. The molecule has 0 saturated carbocycles. The molecule has 6 aromatic rings. The molecule has 3 aromatic carbocycles. The number of pyridine rings is 1. The summed E-state index contributed by atoms with van der Waals surface area (Å²) < 4.78 is 5.15. The minimum atomic E-state index is -0.170. The smallest absolute Gasteiger partial charge is 0.0598 e. The van der Waals surface area contributed by atoms with Gasteiger partial charge in [0.15, 0.2) is 0 Å². The van der Waals surface area contributed by atoms with E-state index in [-0.39, 0.29) is 5.41 Å². The number of hydrogen-bond acceptors (Lipinski definition) is 2. The van der Waals surface area contributed by atoms with E-state index in [9.17, 15) is 0 Å². The van der Waals surface area contributed by atoms with E-state index in [1.165, 1.54) is 59.3 Å². The molecule has 2 nitrogen and oxygen atoms in total. The lowest BCUT2D eigenvalue weighted by molar-refractivity contribution is 0.604. The van der Waals surface area contributed by atoms with E-state index in [1.807, 2.05) is 17.5 Å². The minimum absolute atomic E-state index is 0.170. The molecular formula is C28H20N2S. The van der Waals surface area contributed by atoms with Crippen molar-refractivity contribution >= 4 is 42.4 Å². The fourth-order valence-electron chi connectivity index (χ4n) is 5.44. The third-order valence-electron chi connectivity index (χ3n) is 6.75. The van der Waals surface area contributed by atoms with Gasteiger partial charge in [0.05, 0.1) is 11.2 Å². The van der Waals surface area contributed by atoms with E-state index in [0.717, 1.165) is 0 Å². The predicted molar refractivity (Wildman–Crippen MR) is 132 cm³/mol. The summed E-state index contributed by atoms with van der Waals surface area (Å²) in [5.41, 5.74) is 7.40. The molecule has 3 aromatic heterocycles. The highest BCUT2D eigenvalue weighted by atomic mass is 32.1. The molecule has 0 saturated heterocycles. The van der Waals surface area contributed by atoms with Gasteiger partial charge in [-0.15, -0.1) is 11.3 Å². The van der Waals surface area contributed by atoms with Crippen molar-refractivity contribution in [1.82, 2.24) is 9.55 Å². The van der Waals surface area contributed by atoms with Gasteiger partial charge in [0, 0.05) is 59.7 Å². The summed E-state index contributed by atoms with van der Waals surface area (Å²) in [5, 5.41) is 3.96. The number of aromatic nitrogens is 2. The highest BCUT2D eigenvalue weighted by Gasteiger charge is 2.41. The summed E-state index contributed by atoms with van der Waals surface area (Å²) in [6.45, 7) is 4.61. The fourth-order valence-corrected chi connectivity index (χ4v) is 6.53. The highest BCUT2D eigenvalue weighted by Crippen LogP contribution is 2.52. The monoisotopic (exact) mass is 416 g/mol. The van der Waals surface area contributed by atoms with E-state index in [2.05, 4.69) is 97.3 Å². The van der Waals surface area contributed by atoms with Crippen molar-refractivity contribution in [2.45, 2.75) is 19.3 Å². The third-order valence-corrected chi connectivity index (χ3v) is 7.91. The van der Waals surface area contributed by atoms with Gasteiger partial charge in [0.1, 0.15) is 0 Å². The number of fused-ring (bicyclic) bond motifs is 8. The van der Waals surface area contributed by atoms with Crippen LogP contribution in [-0.2, 0) is 5.41 Å². The molecule has 0 N–H and O–H groups in total. The number of rotatable bonds is 1. The van der Waals surface area contributed by atoms with Crippen LogP contribution in [0.5, 0.6) is 0 Å². The van der Waals surface area contributed by atoms with Crippen molar-refractivity contribution in [3.8, 4) is 16.8 Å². The second-order valence-corrected chi connectivity index (χ2v) is 9.96. The lowest BCUT2D eigenvalue weighted by atomic mass is 9.89. The largest absolute Gasteiger partial charge is 0.312 e. The fraction of sp³-hybridized carbons (Fsp3) is 0.107. The van der Waals surface area contributed by atoms with Gasteiger partial charge in [-0.25, -0.2) is 0 Å². The Kier molecular flexibility index (Phi) is 3.25. The predicted octanol–water partition coefficient (Wildman–Crippen LogP) is 7.70. The zero-order valence-electron chi connectivity index (χ0n) is 17.4. The molecule has 1 aliphatic rings. The Morgan fingerprint density at radius 2 is 1.55 bits per heavy atom. The molecule has 0 fully saturated rings. The molecule has 0 amide bonds. The van der Waals surface area contributed by atoms with E-state index < -0.39 is 0 Å². The summed E-state index contributed by atoms with van der Waals surface area (Å²) in [7, 11) is 0. The van der Waals surface area contributed by atoms with Crippen LogP contribution in [0.3, 0.4) is 0 Å². The van der Waals surface area contributed by atoms with Crippen molar-refractivity contribution in [2.24, 2.45) is 0 Å². The van der Waals surface area contributed by atoms with E-state index in [0.29, 0.717) is 0 Å². The molecule has 1 aliphatic carbocycles. The third kappa shape index (κ3) is 2.14. The molecule has 7 rings (SSSR count). The Bertz CT molecular complexity index is 1670. The van der Waals surface area contributed by atoms with Crippen molar-refractivity contribution < 1.29 is 0 Å². The number of para-hydroxylation sites is 1. The van der Waals surface area contributed by atoms with Crippen LogP contribution in [0.15, 0.2) is 85.1 Å². The number of thiophene rings is 1. The van der Waals surface area contributed by atoms with Gasteiger partial charge in [-0.2, -0.15) is 0 Å². The first kappa shape index (κ1) is 17.3. The van der Waals surface area contributed by atoms with Gasteiger partial charge >= 0.3 is 0 Å². The minimum Gasteiger partial charge on any atom is -0.312 e. The van der Waals surface area contributed by atoms with Crippen molar-refractivity contribution in [3.05, 3.63) is 96.4 Å². The van der Waals surface area contributed by atoms with Crippen LogP contribution in [0.1, 0.15) is 25.2 Å². The first-order chi connectivity index (χ1) is 15.1. The summed E-state index contributed by atoms with van der Waals surface area (Å²) >= 11 is 1.87. The molecule has 31 heavy (non-hydrogen) atoms. The molecule has 148 valence electrons. The zero-order chi connectivity index (χ0) is 20.7. The van der Waals surface area contributed by atoms with Gasteiger partial charge < -0.3 is 4.57 Å². The second kappa shape index (κ2) is 5.83. The Labute approximate surface area is 184 Å². The molecule has 0 bridgehead atoms. The molecule has 0 atom stereocenters. The van der Waals surface area contributed by atoms with E-state index in [4.69, 9.17) is 4.98 Å². The molecule has 3 heterocycles. The average Bonchev–Trinajstić information content (AvgIpc) is 3.41. The highest BCUT2D eigenvalue weighted by molar-refractivity contribution is 7.25. The van der Waals surface area contributed by atoms with Crippen LogP contribution < -0.4 is 0 Å². The second-order valence-electron chi connectivity index (χ2n) is 8.88. The Balaban J connectivity index is 1.62. The maximum absolute atomic E-state index is 4.81. The molecule has 0 spiro atoms. The van der Waals surface area contributed by atoms with Gasteiger partial charge in [-0.1, -0.05) is 42.5 Å². The van der Waals surface area contributed by atoms with Crippen molar-refractivity contribution in [1.29, 1.82) is 0 Å². The molecule has 0 radical (unpaired) electrons. The Morgan fingerprint density at radius 3 is 2.45 bits per heavy atom. The van der Waals surface area contributed by atoms with Crippen LogP contribution in [-0.4, -0.2) is 9.55 Å². The summed E-state index contributed by atoms with van der Waals surface area (Å²) in [4.78, 5) is 4.81. The molecular weight excluding hydrogens is 396 g/mol. The summed E-state index contributed by atoms with van der Waals surface area (Å²) in [6, 6.07) is 28.7.